The van der Waals surface area contributed by atoms with Gasteiger partial charge in [-0.25, -0.2) is 9.97 Å². The van der Waals surface area contributed by atoms with Gasteiger partial charge in [-0.2, -0.15) is 0 Å². The van der Waals surface area contributed by atoms with E-state index in [2.05, 4.69) is 15.0 Å². The van der Waals surface area contributed by atoms with Gasteiger partial charge < -0.3 is 4.90 Å². The Bertz CT molecular complexity index is 908. The van der Waals surface area contributed by atoms with Crippen LogP contribution in [0.1, 0.15) is 34.8 Å². The summed E-state index contributed by atoms with van der Waals surface area (Å²) in [5.41, 5.74) is 2.45. The van der Waals surface area contributed by atoms with Crippen molar-refractivity contribution in [1.29, 1.82) is 0 Å². The topological polar surface area (TPSA) is 59.0 Å². The Hall–Kier alpha value is -2.53. The number of piperidine rings is 1. The molecule has 4 heterocycles. The van der Waals surface area contributed by atoms with Crippen LogP contribution in [0.2, 0.25) is 5.02 Å². The molecule has 4 rings (SSSR count). The van der Waals surface area contributed by atoms with Gasteiger partial charge in [-0.1, -0.05) is 11.6 Å². The first kappa shape index (κ1) is 16.0. The van der Waals surface area contributed by atoms with E-state index in [1.165, 1.54) is 0 Å². The van der Waals surface area contributed by atoms with Crippen LogP contribution < -0.4 is 0 Å². The minimum atomic E-state index is 0.0728. The highest BCUT2D eigenvalue weighted by atomic mass is 35.5. The minimum Gasteiger partial charge on any atom is -0.339 e. The second-order valence-electron chi connectivity index (χ2n) is 6.24. The molecule has 3 aromatic heterocycles. The summed E-state index contributed by atoms with van der Waals surface area (Å²) in [6.07, 6.45) is 6.74. The third-order valence-corrected chi connectivity index (χ3v) is 4.86. The highest BCUT2D eigenvalue weighted by molar-refractivity contribution is 6.31. The van der Waals surface area contributed by atoms with Crippen molar-refractivity contribution >= 4 is 28.5 Å². The number of carbonyl (C=O) groups excluding carboxylic acids is 1. The Morgan fingerprint density at radius 1 is 1.12 bits per heavy atom. The van der Waals surface area contributed by atoms with Crippen LogP contribution in [0.5, 0.6) is 0 Å². The van der Waals surface area contributed by atoms with E-state index in [1.54, 1.807) is 30.7 Å². The maximum atomic E-state index is 12.5. The highest BCUT2D eigenvalue weighted by Gasteiger charge is 2.25. The molecule has 0 saturated carbocycles. The zero-order valence-corrected chi connectivity index (χ0v) is 14.4. The summed E-state index contributed by atoms with van der Waals surface area (Å²) in [6.45, 7) is 1.47. The summed E-state index contributed by atoms with van der Waals surface area (Å²) in [5, 5.41) is 1.56. The highest BCUT2D eigenvalue weighted by Crippen LogP contribution is 2.28. The van der Waals surface area contributed by atoms with Gasteiger partial charge in [-0.15, -0.1) is 0 Å². The van der Waals surface area contributed by atoms with Crippen molar-refractivity contribution in [2.75, 3.05) is 13.1 Å². The summed E-state index contributed by atoms with van der Waals surface area (Å²) in [5.74, 6) is 0.423. The summed E-state index contributed by atoms with van der Waals surface area (Å²) >= 11 is 5.97. The van der Waals surface area contributed by atoms with Crippen LogP contribution in [0.25, 0.3) is 11.0 Å². The molecule has 126 valence electrons. The van der Waals surface area contributed by atoms with Gasteiger partial charge in [-0.05, 0) is 43.2 Å². The van der Waals surface area contributed by atoms with Crippen molar-refractivity contribution in [2.24, 2.45) is 0 Å². The monoisotopic (exact) mass is 352 g/mol. The molecule has 0 spiro atoms. The SMILES string of the molecule is O=C(c1ccncc1)N1CCC(c2ccc3cc(Cl)cnc3n2)CC1. The number of halogens is 1. The Morgan fingerprint density at radius 2 is 1.88 bits per heavy atom. The molecule has 0 atom stereocenters. The van der Waals surface area contributed by atoms with Gasteiger partial charge in [-0.3, -0.25) is 9.78 Å². The van der Waals surface area contributed by atoms with Crippen molar-refractivity contribution in [2.45, 2.75) is 18.8 Å². The summed E-state index contributed by atoms with van der Waals surface area (Å²) in [7, 11) is 0. The number of aromatic nitrogens is 3. The first-order valence-corrected chi connectivity index (χ1v) is 8.70. The van der Waals surface area contributed by atoms with E-state index >= 15 is 0 Å². The molecule has 0 unspecified atom stereocenters. The van der Waals surface area contributed by atoms with Gasteiger partial charge in [0.1, 0.15) is 0 Å². The number of fused-ring (bicyclic) bond motifs is 1. The first-order valence-electron chi connectivity index (χ1n) is 8.32. The molecule has 1 fully saturated rings. The molecule has 6 heteroatoms. The molecule has 1 saturated heterocycles. The van der Waals surface area contributed by atoms with E-state index in [4.69, 9.17) is 11.6 Å². The summed E-state index contributed by atoms with van der Waals surface area (Å²) in [4.78, 5) is 27.4. The van der Waals surface area contributed by atoms with E-state index < -0.39 is 0 Å². The molecule has 0 radical (unpaired) electrons. The summed E-state index contributed by atoms with van der Waals surface area (Å²) < 4.78 is 0. The maximum absolute atomic E-state index is 12.5. The van der Waals surface area contributed by atoms with Crippen molar-refractivity contribution in [3.63, 3.8) is 0 Å². The van der Waals surface area contributed by atoms with E-state index in [1.807, 2.05) is 23.1 Å². The minimum absolute atomic E-state index is 0.0728. The quantitative estimate of drug-likeness (QED) is 0.705. The zero-order chi connectivity index (χ0) is 17.2. The largest absolute Gasteiger partial charge is 0.339 e. The lowest BCUT2D eigenvalue weighted by atomic mass is 9.92. The van der Waals surface area contributed by atoms with Gasteiger partial charge in [0.2, 0.25) is 0 Å². The number of hydrogen-bond donors (Lipinski definition) is 0. The van der Waals surface area contributed by atoms with Crippen LogP contribution in [0, 0.1) is 0 Å². The molecule has 3 aromatic rings. The van der Waals surface area contributed by atoms with E-state index in [0.29, 0.717) is 16.5 Å². The van der Waals surface area contributed by atoms with Gasteiger partial charge in [0.15, 0.2) is 5.65 Å². The Kier molecular flexibility index (Phi) is 4.32. The molecule has 1 amide bonds. The predicted molar refractivity (Wildman–Crippen MR) is 96.7 cm³/mol. The van der Waals surface area contributed by atoms with Crippen LogP contribution in [0.4, 0.5) is 0 Å². The molecule has 0 bridgehead atoms. The third kappa shape index (κ3) is 3.33. The van der Waals surface area contributed by atoms with Crippen molar-refractivity contribution < 1.29 is 4.79 Å². The van der Waals surface area contributed by atoms with Crippen molar-refractivity contribution in [3.05, 3.63) is 65.2 Å². The molecule has 1 aliphatic rings. The Balaban J connectivity index is 1.46. The number of pyridine rings is 3. The third-order valence-electron chi connectivity index (χ3n) is 4.66. The van der Waals surface area contributed by atoms with Gasteiger partial charge in [0, 0.05) is 54.2 Å². The average molecular weight is 353 g/mol. The number of carbonyl (C=O) groups is 1. The lowest BCUT2D eigenvalue weighted by Gasteiger charge is -2.31. The molecule has 0 aromatic carbocycles. The van der Waals surface area contributed by atoms with Gasteiger partial charge in [0.25, 0.3) is 5.91 Å². The first-order chi connectivity index (χ1) is 12.2. The van der Waals surface area contributed by atoms with Crippen LogP contribution in [0.15, 0.2) is 48.9 Å². The van der Waals surface area contributed by atoms with Gasteiger partial charge in [0.05, 0.1) is 5.02 Å². The van der Waals surface area contributed by atoms with Crippen molar-refractivity contribution in [1.82, 2.24) is 19.9 Å². The normalized spacial score (nSPS) is 15.5. The van der Waals surface area contributed by atoms with Crippen LogP contribution in [-0.2, 0) is 0 Å². The lowest BCUT2D eigenvalue weighted by molar-refractivity contribution is 0.0712. The number of nitrogens with zero attached hydrogens (tertiary/aromatic N) is 4. The number of hydrogen-bond acceptors (Lipinski definition) is 4. The van der Waals surface area contributed by atoms with Crippen LogP contribution in [0.3, 0.4) is 0 Å². The molecular formula is C19H17ClN4O. The van der Waals surface area contributed by atoms with E-state index in [0.717, 1.165) is 42.7 Å². The predicted octanol–water partition coefficient (Wildman–Crippen LogP) is 3.70. The fourth-order valence-corrected chi connectivity index (χ4v) is 3.45. The van der Waals surface area contributed by atoms with E-state index in [-0.39, 0.29) is 5.91 Å². The summed E-state index contributed by atoms with van der Waals surface area (Å²) in [6, 6.07) is 9.46. The average Bonchev–Trinajstić information content (AvgIpc) is 2.68. The fourth-order valence-electron chi connectivity index (χ4n) is 3.28. The molecule has 25 heavy (non-hydrogen) atoms. The second-order valence-corrected chi connectivity index (χ2v) is 6.68. The molecule has 5 nitrogen and oxygen atoms in total. The molecule has 1 aliphatic heterocycles. The number of amides is 1. The second kappa shape index (κ2) is 6.76. The van der Waals surface area contributed by atoms with Gasteiger partial charge >= 0.3 is 0 Å². The lowest BCUT2D eigenvalue weighted by Crippen LogP contribution is -2.38. The standard InChI is InChI=1S/C19H17ClN4O/c20-16-11-15-1-2-17(23-18(15)22-12-16)13-5-9-24(10-6-13)19(25)14-3-7-21-8-4-14/h1-4,7-8,11-13H,5-6,9-10H2. The maximum Gasteiger partial charge on any atom is 0.253 e. The number of likely N-dealkylation sites (tertiary alicyclic amines) is 1. The molecular weight excluding hydrogens is 336 g/mol. The Morgan fingerprint density at radius 3 is 2.64 bits per heavy atom. The zero-order valence-electron chi connectivity index (χ0n) is 13.6. The smallest absolute Gasteiger partial charge is 0.253 e. The fraction of sp³-hybridized carbons (Fsp3) is 0.263. The van der Waals surface area contributed by atoms with Crippen LogP contribution in [-0.4, -0.2) is 38.8 Å². The van der Waals surface area contributed by atoms with Crippen LogP contribution >= 0.6 is 11.6 Å². The Labute approximate surface area is 150 Å². The number of rotatable bonds is 2. The van der Waals surface area contributed by atoms with Crippen molar-refractivity contribution in [3.8, 4) is 0 Å². The molecule has 0 N–H and O–H groups in total. The molecule has 0 aliphatic carbocycles. The van der Waals surface area contributed by atoms with E-state index in [9.17, 15) is 4.79 Å².